The standard InChI is InChI=1S/C19H19F2NO2/c20-16-7-6-15(12-17(16)21)19(24)22-10-8-14(9-11-22)18(23)13-4-2-1-3-5-13/h1-7,12,14,18,23H,8-11H2. The molecule has 2 aromatic rings. The maximum absolute atomic E-state index is 13.3. The average molecular weight is 331 g/mol. The fourth-order valence-electron chi connectivity index (χ4n) is 3.15. The average Bonchev–Trinajstić information content (AvgIpc) is 2.63. The summed E-state index contributed by atoms with van der Waals surface area (Å²) in [5, 5.41) is 10.5. The van der Waals surface area contributed by atoms with E-state index >= 15 is 0 Å². The van der Waals surface area contributed by atoms with E-state index in [0.29, 0.717) is 25.9 Å². The van der Waals surface area contributed by atoms with E-state index in [0.717, 1.165) is 17.7 Å². The molecular formula is C19H19F2NO2. The van der Waals surface area contributed by atoms with Gasteiger partial charge in [-0.25, -0.2) is 8.78 Å². The first-order valence-corrected chi connectivity index (χ1v) is 8.03. The molecule has 5 heteroatoms. The van der Waals surface area contributed by atoms with Gasteiger partial charge < -0.3 is 10.0 Å². The Hall–Kier alpha value is -2.27. The van der Waals surface area contributed by atoms with Gasteiger partial charge in [-0.1, -0.05) is 30.3 Å². The highest BCUT2D eigenvalue weighted by Gasteiger charge is 2.28. The van der Waals surface area contributed by atoms with Crippen LogP contribution in [0.4, 0.5) is 8.78 Å². The predicted molar refractivity (Wildman–Crippen MR) is 86.4 cm³/mol. The summed E-state index contributed by atoms with van der Waals surface area (Å²) in [6.45, 7) is 0.985. The summed E-state index contributed by atoms with van der Waals surface area (Å²) < 4.78 is 26.3. The van der Waals surface area contributed by atoms with Crippen molar-refractivity contribution in [3.05, 3.63) is 71.3 Å². The molecule has 3 nitrogen and oxygen atoms in total. The van der Waals surface area contributed by atoms with E-state index in [-0.39, 0.29) is 17.4 Å². The van der Waals surface area contributed by atoms with Crippen LogP contribution in [-0.4, -0.2) is 29.0 Å². The quantitative estimate of drug-likeness (QED) is 0.934. The summed E-state index contributed by atoms with van der Waals surface area (Å²) >= 11 is 0. The fourth-order valence-corrected chi connectivity index (χ4v) is 3.15. The molecule has 3 rings (SSSR count). The number of hydrogen-bond donors (Lipinski definition) is 1. The van der Waals surface area contributed by atoms with Crippen LogP contribution >= 0.6 is 0 Å². The van der Waals surface area contributed by atoms with Crippen molar-refractivity contribution in [2.75, 3.05) is 13.1 Å². The van der Waals surface area contributed by atoms with E-state index in [2.05, 4.69) is 0 Å². The van der Waals surface area contributed by atoms with Crippen molar-refractivity contribution >= 4 is 5.91 Å². The largest absolute Gasteiger partial charge is 0.388 e. The van der Waals surface area contributed by atoms with Crippen LogP contribution in [-0.2, 0) is 0 Å². The zero-order valence-electron chi connectivity index (χ0n) is 13.2. The molecule has 1 amide bonds. The Morgan fingerprint density at radius 3 is 2.33 bits per heavy atom. The van der Waals surface area contributed by atoms with Crippen LogP contribution in [0.3, 0.4) is 0 Å². The normalized spacial score (nSPS) is 16.9. The summed E-state index contributed by atoms with van der Waals surface area (Å²) in [7, 11) is 0. The number of aliphatic hydroxyl groups excluding tert-OH is 1. The maximum atomic E-state index is 13.3. The Morgan fingerprint density at radius 2 is 1.71 bits per heavy atom. The van der Waals surface area contributed by atoms with Gasteiger partial charge in [0.25, 0.3) is 5.91 Å². The van der Waals surface area contributed by atoms with Gasteiger partial charge in [0.2, 0.25) is 0 Å². The van der Waals surface area contributed by atoms with Gasteiger partial charge in [-0.05, 0) is 42.5 Å². The first-order chi connectivity index (χ1) is 11.6. The van der Waals surface area contributed by atoms with Gasteiger partial charge in [-0.2, -0.15) is 0 Å². The smallest absolute Gasteiger partial charge is 0.253 e. The molecule has 0 aromatic heterocycles. The van der Waals surface area contributed by atoms with Crippen LogP contribution in [0.5, 0.6) is 0 Å². The van der Waals surface area contributed by atoms with Gasteiger partial charge in [0.1, 0.15) is 0 Å². The van der Waals surface area contributed by atoms with Crippen molar-refractivity contribution in [1.29, 1.82) is 0 Å². The third-order valence-corrected chi connectivity index (χ3v) is 4.58. The van der Waals surface area contributed by atoms with E-state index in [4.69, 9.17) is 0 Å². The van der Waals surface area contributed by atoms with Gasteiger partial charge in [0.15, 0.2) is 11.6 Å². The number of rotatable bonds is 3. The van der Waals surface area contributed by atoms with Crippen LogP contribution in [0.2, 0.25) is 0 Å². The highest BCUT2D eigenvalue weighted by molar-refractivity contribution is 5.94. The molecule has 1 heterocycles. The van der Waals surface area contributed by atoms with Crippen LogP contribution in [0.25, 0.3) is 0 Å². The second kappa shape index (κ2) is 7.09. The minimum atomic E-state index is -1.02. The topological polar surface area (TPSA) is 40.5 Å². The van der Waals surface area contributed by atoms with E-state index in [1.807, 2.05) is 30.3 Å². The summed E-state index contributed by atoms with van der Waals surface area (Å²) in [4.78, 5) is 14.0. The minimum absolute atomic E-state index is 0.0846. The van der Waals surface area contributed by atoms with Crippen molar-refractivity contribution in [1.82, 2.24) is 4.90 Å². The molecule has 1 aliphatic heterocycles. The van der Waals surface area contributed by atoms with Crippen molar-refractivity contribution in [2.24, 2.45) is 5.92 Å². The predicted octanol–water partition coefficient (Wildman–Crippen LogP) is 3.55. The maximum Gasteiger partial charge on any atom is 0.253 e. The number of piperidine rings is 1. The SMILES string of the molecule is O=C(c1ccc(F)c(F)c1)N1CCC(C(O)c2ccccc2)CC1. The number of benzene rings is 2. The van der Waals surface area contributed by atoms with Crippen molar-refractivity contribution in [2.45, 2.75) is 18.9 Å². The number of halogens is 2. The second-order valence-electron chi connectivity index (χ2n) is 6.11. The summed E-state index contributed by atoms with van der Waals surface area (Å²) in [6, 6.07) is 12.7. The lowest BCUT2D eigenvalue weighted by Gasteiger charge is -2.34. The molecule has 0 bridgehead atoms. The first kappa shape index (κ1) is 16.6. The van der Waals surface area contributed by atoms with E-state index < -0.39 is 17.7 Å². The Balaban J connectivity index is 1.62. The molecule has 126 valence electrons. The number of carbonyl (C=O) groups excluding carboxylic acids is 1. The van der Waals surface area contributed by atoms with Crippen LogP contribution < -0.4 is 0 Å². The van der Waals surface area contributed by atoms with Crippen molar-refractivity contribution < 1.29 is 18.7 Å². The third kappa shape index (κ3) is 3.46. The highest BCUT2D eigenvalue weighted by atomic mass is 19.2. The fraction of sp³-hybridized carbons (Fsp3) is 0.316. The second-order valence-corrected chi connectivity index (χ2v) is 6.11. The van der Waals surface area contributed by atoms with Gasteiger partial charge in [-0.15, -0.1) is 0 Å². The number of likely N-dealkylation sites (tertiary alicyclic amines) is 1. The number of amides is 1. The molecule has 24 heavy (non-hydrogen) atoms. The van der Waals surface area contributed by atoms with Gasteiger partial charge in [0, 0.05) is 18.7 Å². The third-order valence-electron chi connectivity index (χ3n) is 4.58. The molecule has 1 fully saturated rings. The summed E-state index contributed by atoms with van der Waals surface area (Å²) in [5.74, 6) is -2.20. The Labute approximate surface area is 139 Å². The number of nitrogens with zero attached hydrogens (tertiary/aromatic N) is 1. The van der Waals surface area contributed by atoms with E-state index in [1.54, 1.807) is 4.90 Å². The molecule has 1 unspecified atom stereocenters. The van der Waals surface area contributed by atoms with Crippen LogP contribution in [0, 0.1) is 17.6 Å². The Morgan fingerprint density at radius 1 is 1.04 bits per heavy atom. The van der Waals surface area contributed by atoms with Gasteiger partial charge in [-0.3, -0.25) is 4.79 Å². The molecule has 1 atom stereocenters. The molecule has 0 spiro atoms. The molecule has 1 aliphatic rings. The molecule has 0 radical (unpaired) electrons. The summed E-state index contributed by atoms with van der Waals surface area (Å²) in [5.41, 5.74) is 1.03. The van der Waals surface area contributed by atoms with E-state index in [1.165, 1.54) is 6.07 Å². The Kier molecular flexibility index (Phi) is 4.90. The lowest BCUT2D eigenvalue weighted by Crippen LogP contribution is -2.39. The van der Waals surface area contributed by atoms with Gasteiger partial charge >= 0.3 is 0 Å². The zero-order valence-corrected chi connectivity index (χ0v) is 13.2. The highest BCUT2D eigenvalue weighted by Crippen LogP contribution is 2.31. The van der Waals surface area contributed by atoms with Crippen molar-refractivity contribution in [3.63, 3.8) is 0 Å². The minimum Gasteiger partial charge on any atom is -0.388 e. The zero-order chi connectivity index (χ0) is 17.1. The molecule has 2 aromatic carbocycles. The van der Waals surface area contributed by atoms with Crippen molar-refractivity contribution in [3.8, 4) is 0 Å². The lowest BCUT2D eigenvalue weighted by molar-refractivity contribution is 0.0462. The first-order valence-electron chi connectivity index (χ1n) is 8.03. The molecule has 0 aliphatic carbocycles. The number of carbonyl (C=O) groups is 1. The lowest BCUT2D eigenvalue weighted by atomic mass is 9.87. The molecular weight excluding hydrogens is 312 g/mol. The monoisotopic (exact) mass is 331 g/mol. The van der Waals surface area contributed by atoms with Crippen LogP contribution in [0.15, 0.2) is 48.5 Å². The van der Waals surface area contributed by atoms with Gasteiger partial charge in [0.05, 0.1) is 6.10 Å². The molecule has 1 N–H and O–H groups in total. The molecule has 1 saturated heterocycles. The Bertz CT molecular complexity index is 713. The van der Waals surface area contributed by atoms with Crippen LogP contribution in [0.1, 0.15) is 34.9 Å². The molecule has 0 saturated carbocycles. The summed E-state index contributed by atoms with van der Waals surface area (Å²) in [6.07, 6.45) is 0.795. The number of aliphatic hydroxyl groups is 1. The van der Waals surface area contributed by atoms with E-state index in [9.17, 15) is 18.7 Å². The number of hydrogen-bond acceptors (Lipinski definition) is 2.